The van der Waals surface area contributed by atoms with Gasteiger partial charge in [-0.15, -0.1) is 0 Å². The summed E-state index contributed by atoms with van der Waals surface area (Å²) < 4.78 is 29.3. The van der Waals surface area contributed by atoms with Gasteiger partial charge >= 0.3 is 5.97 Å². The van der Waals surface area contributed by atoms with Gasteiger partial charge in [0.05, 0.1) is 39.1 Å². The number of hydrogen-bond acceptors (Lipinski definition) is 8. The molecule has 8 nitrogen and oxygen atoms in total. The molecule has 1 aromatic heterocycles. The van der Waals surface area contributed by atoms with Crippen molar-refractivity contribution in [3.05, 3.63) is 183 Å². The van der Waals surface area contributed by atoms with Crippen LogP contribution in [0.15, 0.2) is 128 Å². The van der Waals surface area contributed by atoms with Crippen molar-refractivity contribution >= 4 is 23.9 Å². The number of ketones is 1. The van der Waals surface area contributed by atoms with Crippen LogP contribution in [0, 0.1) is 18.8 Å². The van der Waals surface area contributed by atoms with Crippen molar-refractivity contribution in [2.75, 3.05) is 33.5 Å². The smallest absolute Gasteiger partial charge is 0.337 e. The molecule has 0 bridgehead atoms. The molecule has 2 aliphatic heterocycles. The number of esters is 1. The molecule has 3 heterocycles. The second-order valence-electron chi connectivity index (χ2n) is 18.6. The molecule has 328 valence electrons. The number of hydrogen-bond donors (Lipinski definition) is 0. The minimum Gasteiger partial charge on any atom is -0.465 e. The summed E-state index contributed by atoms with van der Waals surface area (Å²) in [6, 6.07) is 37.7. The lowest BCUT2D eigenvalue weighted by Crippen LogP contribution is -2.50. The number of rotatable bonds is 8. The number of ether oxygens (including phenoxy) is 5. The van der Waals surface area contributed by atoms with E-state index >= 15 is 0 Å². The summed E-state index contributed by atoms with van der Waals surface area (Å²) in [5, 5.41) is 0. The van der Waals surface area contributed by atoms with Gasteiger partial charge in [0.25, 0.3) is 0 Å². The number of Topliss-reactive ketones (excluding diaryl/α,β-unsaturated/α-hetero) is 1. The van der Waals surface area contributed by atoms with Crippen LogP contribution in [-0.4, -0.2) is 61.8 Å². The fraction of sp³-hybridized carbons (Fsp3) is 0.375. The van der Waals surface area contributed by atoms with E-state index in [-0.39, 0.29) is 22.6 Å². The van der Waals surface area contributed by atoms with Gasteiger partial charge in [-0.3, -0.25) is 9.78 Å². The van der Waals surface area contributed by atoms with E-state index in [4.69, 9.17) is 23.7 Å². The van der Waals surface area contributed by atoms with E-state index in [2.05, 4.69) is 108 Å². The second-order valence-corrected chi connectivity index (χ2v) is 18.6. The molecule has 6 aliphatic rings. The number of allylic oxidation sites excluding steroid dienone is 2. The van der Waals surface area contributed by atoms with Gasteiger partial charge in [-0.2, -0.15) is 0 Å². The number of methoxy groups -OCH3 is 1. The molecule has 5 aromatic rings. The Hall–Kier alpha value is -5.51. The molecule has 4 atom stereocenters. The Kier molecular flexibility index (Phi) is 11.6. The molecule has 64 heavy (non-hydrogen) atoms. The number of aromatic nitrogens is 1. The van der Waals surface area contributed by atoms with Crippen LogP contribution in [0.3, 0.4) is 0 Å². The molecule has 0 amide bonds. The fourth-order valence-corrected chi connectivity index (χ4v) is 11.8. The topological polar surface area (TPSA) is 93.2 Å². The van der Waals surface area contributed by atoms with Gasteiger partial charge in [0, 0.05) is 60.4 Å². The molecular weight excluding hydrogens is 799 g/mol. The summed E-state index contributed by atoms with van der Waals surface area (Å²) >= 11 is 0. The zero-order valence-electron chi connectivity index (χ0n) is 36.9. The van der Waals surface area contributed by atoms with E-state index in [1.165, 1.54) is 29.4 Å². The van der Waals surface area contributed by atoms with Crippen LogP contribution >= 0.6 is 0 Å². The van der Waals surface area contributed by atoms with Crippen LogP contribution in [0.4, 0.5) is 0 Å². The highest BCUT2D eigenvalue weighted by Crippen LogP contribution is 2.56. The predicted molar refractivity (Wildman–Crippen MR) is 247 cm³/mol. The van der Waals surface area contributed by atoms with Crippen molar-refractivity contribution in [1.82, 2.24) is 4.98 Å². The Morgan fingerprint density at radius 2 is 1.12 bits per heavy atom. The van der Waals surface area contributed by atoms with E-state index in [1.807, 2.05) is 37.3 Å². The molecule has 11 rings (SSSR count). The molecule has 2 spiro atoms. The lowest BCUT2D eigenvalue weighted by molar-refractivity contribution is -0.194. The van der Waals surface area contributed by atoms with Gasteiger partial charge in [-0.05, 0) is 108 Å². The van der Waals surface area contributed by atoms with E-state index in [0.717, 1.165) is 79.3 Å². The lowest BCUT2D eigenvalue weighted by Gasteiger charge is -2.51. The molecule has 8 heteroatoms. The highest BCUT2D eigenvalue weighted by atomic mass is 16.7. The molecule has 2 saturated heterocycles. The summed E-state index contributed by atoms with van der Waals surface area (Å²) in [4.78, 5) is 29.6. The summed E-state index contributed by atoms with van der Waals surface area (Å²) in [7, 11) is 1.42. The third-order valence-corrected chi connectivity index (χ3v) is 15.1. The van der Waals surface area contributed by atoms with Crippen LogP contribution in [0.1, 0.15) is 104 Å². The highest BCUT2D eigenvalue weighted by Gasteiger charge is 2.55. The van der Waals surface area contributed by atoms with E-state index in [9.17, 15) is 9.59 Å². The first-order valence-electron chi connectivity index (χ1n) is 23.0. The molecule has 2 saturated carbocycles. The van der Waals surface area contributed by atoms with Crippen molar-refractivity contribution in [3.63, 3.8) is 0 Å². The minimum atomic E-state index is -0.440. The predicted octanol–water partition coefficient (Wildman–Crippen LogP) is 10.4. The monoisotopic (exact) mass is 855 g/mol. The number of carbonyl (C=O) groups is 2. The SMILES string of the molecule is COC(=O)c1ccc2c(c1)C=C[C@H]1CC3(CC[C@@]21Cc1ccccc1)OCCO3.Cc1ncccc1CC(=O)c1ccc2c(c1)C=C[C@H]1CC3(CC[C@@]21Cc1ccccc1)OCCO3. The molecule has 4 aliphatic carbocycles. The van der Waals surface area contributed by atoms with Crippen molar-refractivity contribution in [2.45, 2.75) is 87.1 Å². The van der Waals surface area contributed by atoms with Crippen LogP contribution in [0.25, 0.3) is 12.2 Å². The average molecular weight is 856 g/mol. The average Bonchev–Trinajstić information content (AvgIpc) is 4.00. The van der Waals surface area contributed by atoms with Crippen LogP contribution < -0.4 is 0 Å². The van der Waals surface area contributed by atoms with Gasteiger partial charge in [0.1, 0.15) is 0 Å². The van der Waals surface area contributed by atoms with E-state index in [0.29, 0.717) is 50.2 Å². The first-order valence-corrected chi connectivity index (χ1v) is 23.0. The second kappa shape index (κ2) is 17.5. The number of pyridine rings is 1. The van der Waals surface area contributed by atoms with E-state index in [1.54, 1.807) is 6.20 Å². The largest absolute Gasteiger partial charge is 0.465 e. The third kappa shape index (κ3) is 8.00. The van der Waals surface area contributed by atoms with Gasteiger partial charge in [-0.1, -0.05) is 109 Å². The number of carbonyl (C=O) groups excluding carboxylic acids is 2. The molecule has 4 aromatic carbocycles. The highest BCUT2D eigenvalue weighted by molar-refractivity contribution is 5.98. The fourth-order valence-electron chi connectivity index (χ4n) is 11.8. The first kappa shape index (κ1) is 42.4. The Labute approximate surface area is 376 Å². The summed E-state index contributed by atoms with van der Waals surface area (Å²) in [6.07, 6.45) is 18.6. The van der Waals surface area contributed by atoms with Gasteiger partial charge in [0.2, 0.25) is 0 Å². The van der Waals surface area contributed by atoms with Crippen LogP contribution in [0.2, 0.25) is 0 Å². The summed E-state index contributed by atoms with van der Waals surface area (Å²) in [5.74, 6) is -0.390. The number of fused-ring (bicyclic) bond motifs is 6. The van der Waals surface area contributed by atoms with Gasteiger partial charge in [-0.25, -0.2) is 4.79 Å². The number of aryl methyl sites for hydroxylation is 1. The Bertz CT molecular complexity index is 2570. The lowest BCUT2D eigenvalue weighted by atomic mass is 9.56. The van der Waals surface area contributed by atoms with Crippen molar-refractivity contribution < 1.29 is 33.3 Å². The number of nitrogens with zero attached hydrogens (tertiary/aromatic N) is 1. The Balaban J connectivity index is 0.000000154. The minimum absolute atomic E-state index is 0.0271. The van der Waals surface area contributed by atoms with Crippen LogP contribution in [-0.2, 0) is 53.8 Å². The van der Waals surface area contributed by atoms with Crippen molar-refractivity contribution in [1.29, 1.82) is 0 Å². The molecule has 4 fully saturated rings. The molecule has 0 unspecified atom stereocenters. The zero-order valence-corrected chi connectivity index (χ0v) is 36.9. The normalized spacial score (nSPS) is 25.3. The quantitative estimate of drug-likeness (QED) is 0.113. The maximum Gasteiger partial charge on any atom is 0.337 e. The van der Waals surface area contributed by atoms with E-state index < -0.39 is 11.6 Å². The molecule has 0 radical (unpaired) electrons. The number of benzene rings is 4. The van der Waals surface area contributed by atoms with Gasteiger partial charge in [0.15, 0.2) is 17.4 Å². The van der Waals surface area contributed by atoms with Crippen molar-refractivity contribution in [3.8, 4) is 0 Å². The molecule has 0 N–H and O–H groups in total. The Morgan fingerprint density at radius 1 is 0.625 bits per heavy atom. The van der Waals surface area contributed by atoms with Crippen molar-refractivity contribution in [2.24, 2.45) is 11.8 Å². The van der Waals surface area contributed by atoms with Crippen LogP contribution in [0.5, 0.6) is 0 Å². The third-order valence-electron chi connectivity index (χ3n) is 15.1. The summed E-state index contributed by atoms with van der Waals surface area (Å²) in [6.45, 7) is 4.68. The summed E-state index contributed by atoms with van der Waals surface area (Å²) in [5.41, 5.74) is 10.8. The standard InChI is InChI=1S/C31H31NO3.C25H26O4/c1-22-24(8-5-15-32-22)19-29(33)26-10-12-28-25(18-26)9-11-27-21-31(34-16-17-35-31)14-13-30(27,28)20-23-6-3-2-4-7-23;1-27-23(26)20-8-10-22-19(15-20)7-9-21-17-25(28-13-14-29-25)12-11-24(21,22)16-18-5-3-2-4-6-18/h2-12,15,18,27H,13-14,16-17,19-21H2,1H3;2-10,15,21H,11-14,16-17H2,1H3/t27-,30-;21-,24-/m00/s1. The Morgan fingerprint density at radius 3 is 1.62 bits per heavy atom. The first-order chi connectivity index (χ1) is 31.2. The van der Waals surface area contributed by atoms with Gasteiger partial charge < -0.3 is 23.7 Å². The zero-order chi connectivity index (χ0) is 43.8. The molecular formula is C56H57NO7. The maximum absolute atomic E-state index is 13.2. The maximum atomic E-state index is 13.2.